The van der Waals surface area contributed by atoms with Gasteiger partial charge in [0.25, 0.3) is 0 Å². The highest BCUT2D eigenvalue weighted by atomic mass is 16.5. The van der Waals surface area contributed by atoms with Crippen LogP contribution in [0, 0.1) is 0 Å². The Bertz CT molecular complexity index is 366. The van der Waals surface area contributed by atoms with Gasteiger partial charge in [-0.15, -0.1) is 0 Å². The van der Waals surface area contributed by atoms with Crippen molar-refractivity contribution in [2.75, 3.05) is 0 Å². The Labute approximate surface area is 99.4 Å². The van der Waals surface area contributed by atoms with Crippen molar-refractivity contribution in [3.8, 4) is 0 Å². The summed E-state index contributed by atoms with van der Waals surface area (Å²) in [5, 5.41) is 9.61. The van der Waals surface area contributed by atoms with Crippen LogP contribution >= 0.6 is 0 Å². The molecule has 0 amide bonds. The van der Waals surface area contributed by atoms with Crippen molar-refractivity contribution >= 4 is 11.8 Å². The zero-order valence-corrected chi connectivity index (χ0v) is 9.88. The predicted octanol–water partition coefficient (Wildman–Crippen LogP) is 1.61. The number of esters is 1. The van der Waals surface area contributed by atoms with Crippen LogP contribution in [0.3, 0.4) is 0 Å². The van der Waals surface area contributed by atoms with Gasteiger partial charge in [-0.25, -0.2) is 0 Å². The number of hydrogen-bond donors (Lipinski definition) is 1. The molecule has 5 nitrogen and oxygen atoms in total. The number of hydrogen-bond acceptors (Lipinski definition) is 5. The predicted molar refractivity (Wildman–Crippen MR) is 59.1 cm³/mol. The van der Waals surface area contributed by atoms with Gasteiger partial charge in [-0.2, -0.15) is 0 Å². The second-order valence-electron chi connectivity index (χ2n) is 3.99. The van der Waals surface area contributed by atoms with E-state index in [9.17, 15) is 14.7 Å². The van der Waals surface area contributed by atoms with E-state index in [0.29, 0.717) is 5.76 Å². The number of ether oxygens (including phenoxy) is 1. The Hall–Kier alpha value is -1.62. The molecule has 1 heterocycles. The highest BCUT2D eigenvalue weighted by molar-refractivity contribution is 5.95. The van der Waals surface area contributed by atoms with Crippen molar-refractivity contribution in [3.05, 3.63) is 24.2 Å². The molecule has 1 rings (SSSR count). The van der Waals surface area contributed by atoms with Crippen LogP contribution in [0.1, 0.15) is 38.6 Å². The van der Waals surface area contributed by atoms with E-state index in [4.69, 9.17) is 9.15 Å². The van der Waals surface area contributed by atoms with Crippen molar-refractivity contribution in [2.45, 2.75) is 38.9 Å². The van der Waals surface area contributed by atoms with Gasteiger partial charge in [-0.05, 0) is 26.0 Å². The van der Waals surface area contributed by atoms with Crippen LogP contribution in [0.5, 0.6) is 0 Å². The average Bonchev–Trinajstić information content (AvgIpc) is 2.67. The summed E-state index contributed by atoms with van der Waals surface area (Å²) in [5.74, 6) is -0.633. The van der Waals surface area contributed by atoms with E-state index in [1.807, 2.05) is 0 Å². The molecule has 17 heavy (non-hydrogen) atoms. The first-order valence-corrected chi connectivity index (χ1v) is 5.41. The standard InChI is InChI=1S/C12H16O5/c1-8(2)17-12(15)7-9(13)6-10(14)11-4-3-5-16-11/h3-5,8,10,14H,6-7H2,1-2H3/t10-/m1/s1. The molecular formula is C12H16O5. The SMILES string of the molecule is CC(C)OC(=O)CC(=O)C[C@@H](O)c1ccco1. The van der Waals surface area contributed by atoms with Gasteiger partial charge in [0.2, 0.25) is 0 Å². The fraction of sp³-hybridized carbons (Fsp3) is 0.500. The number of carbonyl (C=O) groups excluding carboxylic acids is 2. The van der Waals surface area contributed by atoms with Crippen molar-refractivity contribution in [1.29, 1.82) is 0 Å². The maximum atomic E-state index is 11.4. The zero-order chi connectivity index (χ0) is 12.8. The van der Waals surface area contributed by atoms with E-state index in [0.717, 1.165) is 0 Å². The topological polar surface area (TPSA) is 76.7 Å². The first kappa shape index (κ1) is 13.4. The summed E-state index contributed by atoms with van der Waals surface area (Å²) in [5.41, 5.74) is 0. The first-order chi connectivity index (χ1) is 7.99. The number of ketones is 1. The highest BCUT2D eigenvalue weighted by Gasteiger charge is 2.18. The molecule has 0 radical (unpaired) electrons. The fourth-order valence-corrected chi connectivity index (χ4v) is 1.33. The number of Topliss-reactive ketones (excluding diaryl/α,β-unsaturated/α-hetero) is 1. The third-order valence-corrected chi connectivity index (χ3v) is 2.00. The van der Waals surface area contributed by atoms with E-state index < -0.39 is 12.1 Å². The molecule has 0 aliphatic rings. The third-order valence-electron chi connectivity index (χ3n) is 2.00. The Morgan fingerprint density at radius 1 is 1.47 bits per heavy atom. The van der Waals surface area contributed by atoms with Crippen molar-refractivity contribution in [3.63, 3.8) is 0 Å². The Balaban J connectivity index is 2.37. The van der Waals surface area contributed by atoms with Crippen LogP contribution in [0.15, 0.2) is 22.8 Å². The van der Waals surface area contributed by atoms with Crippen LogP contribution in [-0.2, 0) is 14.3 Å². The molecule has 0 bridgehead atoms. The summed E-state index contributed by atoms with van der Waals surface area (Å²) in [6.07, 6.45) is -0.318. The molecule has 1 aromatic rings. The lowest BCUT2D eigenvalue weighted by Crippen LogP contribution is -2.17. The summed E-state index contributed by atoms with van der Waals surface area (Å²) >= 11 is 0. The number of carbonyl (C=O) groups is 2. The van der Waals surface area contributed by atoms with Gasteiger partial charge in [-0.1, -0.05) is 0 Å². The highest BCUT2D eigenvalue weighted by Crippen LogP contribution is 2.17. The van der Waals surface area contributed by atoms with E-state index in [2.05, 4.69) is 0 Å². The van der Waals surface area contributed by atoms with Gasteiger partial charge in [0.1, 0.15) is 24.1 Å². The Kier molecular flexibility index (Phi) is 4.90. The van der Waals surface area contributed by atoms with Gasteiger partial charge >= 0.3 is 5.97 Å². The van der Waals surface area contributed by atoms with Gasteiger partial charge < -0.3 is 14.3 Å². The monoisotopic (exact) mass is 240 g/mol. The van der Waals surface area contributed by atoms with E-state index in [1.165, 1.54) is 6.26 Å². The lowest BCUT2D eigenvalue weighted by molar-refractivity contribution is -0.149. The smallest absolute Gasteiger partial charge is 0.313 e. The Morgan fingerprint density at radius 2 is 2.18 bits per heavy atom. The molecule has 0 saturated carbocycles. The van der Waals surface area contributed by atoms with Crippen LogP contribution < -0.4 is 0 Å². The minimum absolute atomic E-state index is 0.152. The molecular weight excluding hydrogens is 224 g/mol. The van der Waals surface area contributed by atoms with Crippen molar-refractivity contribution in [1.82, 2.24) is 0 Å². The Morgan fingerprint density at radius 3 is 2.71 bits per heavy atom. The molecule has 94 valence electrons. The van der Waals surface area contributed by atoms with E-state index in [1.54, 1.807) is 26.0 Å². The van der Waals surface area contributed by atoms with Crippen LogP contribution in [-0.4, -0.2) is 23.0 Å². The first-order valence-electron chi connectivity index (χ1n) is 5.41. The summed E-state index contributed by atoms with van der Waals surface area (Å²) in [6.45, 7) is 3.42. The van der Waals surface area contributed by atoms with Crippen LogP contribution in [0.25, 0.3) is 0 Å². The summed E-state index contributed by atoms with van der Waals surface area (Å²) in [6, 6.07) is 3.19. The maximum Gasteiger partial charge on any atom is 0.313 e. The largest absolute Gasteiger partial charge is 0.467 e. The number of furan rings is 1. The lowest BCUT2D eigenvalue weighted by Gasteiger charge is -2.08. The van der Waals surface area contributed by atoms with Crippen molar-refractivity contribution in [2.24, 2.45) is 0 Å². The molecule has 0 saturated heterocycles. The molecule has 5 heteroatoms. The van der Waals surface area contributed by atoms with Gasteiger partial charge in [0, 0.05) is 6.42 Å². The fourth-order valence-electron chi connectivity index (χ4n) is 1.33. The van der Waals surface area contributed by atoms with E-state index in [-0.39, 0.29) is 24.7 Å². The molecule has 1 N–H and O–H groups in total. The number of rotatable bonds is 6. The number of aliphatic hydroxyl groups excluding tert-OH is 1. The maximum absolute atomic E-state index is 11.4. The molecule has 1 atom stereocenters. The van der Waals surface area contributed by atoms with E-state index >= 15 is 0 Å². The lowest BCUT2D eigenvalue weighted by atomic mass is 10.1. The molecule has 0 aliphatic carbocycles. The summed E-state index contributed by atoms with van der Waals surface area (Å²) in [7, 11) is 0. The van der Waals surface area contributed by atoms with Gasteiger partial charge in [-0.3, -0.25) is 9.59 Å². The van der Waals surface area contributed by atoms with Crippen LogP contribution in [0.2, 0.25) is 0 Å². The van der Waals surface area contributed by atoms with Crippen molar-refractivity contribution < 1.29 is 23.8 Å². The second-order valence-corrected chi connectivity index (χ2v) is 3.99. The average molecular weight is 240 g/mol. The zero-order valence-electron chi connectivity index (χ0n) is 9.88. The molecule has 0 aliphatic heterocycles. The summed E-state index contributed by atoms with van der Waals surface area (Å²) in [4.78, 5) is 22.6. The van der Waals surface area contributed by atoms with Gasteiger partial charge in [0.15, 0.2) is 0 Å². The second kappa shape index (κ2) is 6.20. The van der Waals surface area contributed by atoms with Gasteiger partial charge in [0.05, 0.1) is 12.4 Å². The normalized spacial score (nSPS) is 12.5. The molecule has 0 fully saturated rings. The minimum atomic E-state index is -1.01. The quantitative estimate of drug-likeness (QED) is 0.604. The molecule has 0 aromatic carbocycles. The molecule has 0 unspecified atom stereocenters. The third kappa shape index (κ3) is 4.82. The minimum Gasteiger partial charge on any atom is -0.467 e. The molecule has 1 aromatic heterocycles. The number of aliphatic hydroxyl groups is 1. The van der Waals surface area contributed by atoms with Crippen LogP contribution in [0.4, 0.5) is 0 Å². The molecule has 0 spiro atoms. The summed E-state index contributed by atoms with van der Waals surface area (Å²) < 4.78 is 9.78.